The molecular weight excluding hydrogens is 570 g/mol. The fourth-order valence-electron chi connectivity index (χ4n) is 4.83. The maximum atomic E-state index is 15.5. The predicted octanol–water partition coefficient (Wildman–Crippen LogP) is 5.86. The number of hydrogen-bond acceptors (Lipinski definition) is 8. The SMILES string of the molecule is COCCn1c(Cc2ccc(-c3cccc(OCc4ccc(C#N)c(F)c4OC)n3)cc2F)nc2ccc(C(=O)OC)cc21. The van der Waals surface area contributed by atoms with E-state index in [0.717, 1.165) is 5.52 Å². The lowest BCUT2D eigenvalue weighted by molar-refractivity contribution is 0.0601. The van der Waals surface area contributed by atoms with Gasteiger partial charge < -0.3 is 23.5 Å². The van der Waals surface area contributed by atoms with Gasteiger partial charge in [0.05, 0.1) is 48.7 Å². The molecule has 2 heterocycles. The number of esters is 1. The molecule has 11 heteroatoms. The fourth-order valence-corrected chi connectivity index (χ4v) is 4.83. The van der Waals surface area contributed by atoms with Crippen LogP contribution in [0.1, 0.15) is 32.9 Å². The smallest absolute Gasteiger partial charge is 0.337 e. The van der Waals surface area contributed by atoms with Gasteiger partial charge in [0.1, 0.15) is 24.3 Å². The highest BCUT2D eigenvalue weighted by Crippen LogP contribution is 2.28. The fraction of sp³-hybridized carbons (Fsp3) is 0.212. The summed E-state index contributed by atoms with van der Waals surface area (Å²) >= 11 is 0. The Labute approximate surface area is 252 Å². The average Bonchev–Trinajstić information content (AvgIpc) is 3.39. The summed E-state index contributed by atoms with van der Waals surface area (Å²) in [5.41, 5.74) is 3.51. The minimum Gasteiger partial charge on any atom is -0.493 e. The Morgan fingerprint density at radius 2 is 1.80 bits per heavy atom. The second-order valence-electron chi connectivity index (χ2n) is 9.73. The van der Waals surface area contributed by atoms with Crippen LogP contribution < -0.4 is 9.47 Å². The number of nitriles is 1. The molecule has 0 atom stereocenters. The van der Waals surface area contributed by atoms with E-state index in [-0.39, 0.29) is 30.2 Å². The number of aromatic nitrogens is 3. The molecule has 0 N–H and O–H groups in total. The summed E-state index contributed by atoms with van der Waals surface area (Å²) in [6.45, 7) is 0.810. The van der Waals surface area contributed by atoms with Crippen LogP contribution in [0.5, 0.6) is 11.6 Å². The number of ether oxygens (including phenoxy) is 4. The Kier molecular flexibility index (Phi) is 9.12. The van der Waals surface area contributed by atoms with Crippen LogP contribution in [0, 0.1) is 23.0 Å². The van der Waals surface area contributed by atoms with Crippen molar-refractivity contribution in [2.75, 3.05) is 27.9 Å². The van der Waals surface area contributed by atoms with Gasteiger partial charge in [0, 0.05) is 37.3 Å². The van der Waals surface area contributed by atoms with Gasteiger partial charge in [-0.2, -0.15) is 5.26 Å². The summed E-state index contributed by atoms with van der Waals surface area (Å²) in [6, 6.07) is 19.7. The van der Waals surface area contributed by atoms with E-state index in [1.165, 1.54) is 26.4 Å². The molecule has 0 aliphatic carbocycles. The van der Waals surface area contributed by atoms with E-state index in [0.29, 0.717) is 52.4 Å². The first-order valence-corrected chi connectivity index (χ1v) is 13.6. The molecule has 0 bridgehead atoms. The zero-order valence-corrected chi connectivity index (χ0v) is 24.3. The maximum absolute atomic E-state index is 15.5. The van der Waals surface area contributed by atoms with Gasteiger partial charge in [-0.3, -0.25) is 0 Å². The molecule has 0 aliphatic rings. The average molecular weight is 599 g/mol. The molecule has 9 nitrogen and oxygen atoms in total. The molecule has 44 heavy (non-hydrogen) atoms. The van der Waals surface area contributed by atoms with Gasteiger partial charge in [0.2, 0.25) is 5.88 Å². The molecule has 3 aromatic carbocycles. The first kappa shape index (κ1) is 30.1. The highest BCUT2D eigenvalue weighted by molar-refractivity contribution is 5.93. The van der Waals surface area contributed by atoms with Crippen LogP contribution in [0.4, 0.5) is 8.78 Å². The van der Waals surface area contributed by atoms with E-state index in [1.807, 2.05) is 4.57 Å². The van der Waals surface area contributed by atoms with Gasteiger partial charge in [-0.15, -0.1) is 0 Å². The number of halogens is 2. The normalized spacial score (nSPS) is 10.9. The van der Waals surface area contributed by atoms with Crippen molar-refractivity contribution in [1.82, 2.24) is 14.5 Å². The Morgan fingerprint density at radius 1 is 0.977 bits per heavy atom. The molecule has 5 aromatic rings. The minimum atomic E-state index is -0.756. The van der Waals surface area contributed by atoms with Crippen LogP contribution in [0.2, 0.25) is 0 Å². The zero-order valence-electron chi connectivity index (χ0n) is 24.3. The van der Waals surface area contributed by atoms with E-state index >= 15 is 4.39 Å². The molecule has 0 spiro atoms. The molecule has 5 rings (SSSR count). The maximum Gasteiger partial charge on any atom is 0.337 e. The lowest BCUT2D eigenvalue weighted by Gasteiger charge is -2.12. The van der Waals surface area contributed by atoms with Crippen molar-refractivity contribution in [3.8, 4) is 29.0 Å². The third-order valence-electron chi connectivity index (χ3n) is 7.07. The van der Waals surface area contributed by atoms with Gasteiger partial charge in [-0.1, -0.05) is 24.3 Å². The van der Waals surface area contributed by atoms with Crippen molar-refractivity contribution in [1.29, 1.82) is 5.26 Å². The summed E-state index contributed by atoms with van der Waals surface area (Å²) in [5, 5.41) is 9.06. The summed E-state index contributed by atoms with van der Waals surface area (Å²) in [5.74, 6) is -0.855. The first-order chi connectivity index (χ1) is 21.4. The van der Waals surface area contributed by atoms with Crippen molar-refractivity contribution in [3.63, 3.8) is 0 Å². The molecule has 0 amide bonds. The topological polar surface area (TPSA) is 108 Å². The standard InChI is InChI=1S/C33H28F2N4O5/c1-41-14-13-39-28-16-22(33(40)43-3)11-12-27(28)37-29(39)17-20-7-8-21(15-25(20)34)26-5-4-6-30(38-26)44-19-24-10-9-23(18-36)31(35)32(24)42-2/h4-12,15-16H,13-14,17,19H2,1-3H3. The van der Waals surface area contributed by atoms with E-state index < -0.39 is 17.6 Å². The quantitative estimate of drug-likeness (QED) is 0.174. The van der Waals surface area contributed by atoms with Crippen molar-refractivity contribution in [2.24, 2.45) is 0 Å². The lowest BCUT2D eigenvalue weighted by atomic mass is 10.1. The van der Waals surface area contributed by atoms with Crippen molar-refractivity contribution in [2.45, 2.75) is 19.6 Å². The third kappa shape index (κ3) is 6.21. The second kappa shape index (κ2) is 13.3. The number of hydrogen-bond donors (Lipinski definition) is 0. The molecule has 0 saturated heterocycles. The summed E-state index contributed by atoms with van der Waals surface area (Å²) in [4.78, 5) is 21.3. The first-order valence-electron chi connectivity index (χ1n) is 13.6. The number of pyridine rings is 1. The predicted molar refractivity (Wildman–Crippen MR) is 157 cm³/mol. The summed E-state index contributed by atoms with van der Waals surface area (Å²) in [7, 11) is 4.23. The molecule has 0 fully saturated rings. The van der Waals surface area contributed by atoms with Crippen molar-refractivity contribution < 1.29 is 32.5 Å². The number of imidazole rings is 1. The van der Waals surface area contributed by atoms with Crippen LogP contribution in [-0.4, -0.2) is 48.4 Å². The molecule has 2 aromatic heterocycles. The van der Waals surface area contributed by atoms with Gasteiger partial charge in [-0.05, 0) is 42.0 Å². The van der Waals surface area contributed by atoms with Gasteiger partial charge in [0.25, 0.3) is 0 Å². The Hall–Kier alpha value is -5.34. The van der Waals surface area contributed by atoms with E-state index in [9.17, 15) is 9.18 Å². The van der Waals surface area contributed by atoms with E-state index in [1.54, 1.807) is 67.8 Å². The van der Waals surface area contributed by atoms with E-state index in [2.05, 4.69) is 4.98 Å². The zero-order chi connectivity index (χ0) is 31.2. The van der Waals surface area contributed by atoms with Crippen LogP contribution in [0.25, 0.3) is 22.3 Å². The number of carbonyl (C=O) groups excluding carboxylic acids is 1. The van der Waals surface area contributed by atoms with Crippen LogP contribution in [0.15, 0.2) is 66.7 Å². The van der Waals surface area contributed by atoms with Crippen LogP contribution >= 0.6 is 0 Å². The molecule has 0 aliphatic heterocycles. The largest absolute Gasteiger partial charge is 0.493 e. The van der Waals surface area contributed by atoms with Gasteiger partial charge in [-0.25, -0.2) is 23.5 Å². The molecule has 0 unspecified atom stereocenters. The van der Waals surface area contributed by atoms with Crippen LogP contribution in [0.3, 0.4) is 0 Å². The lowest BCUT2D eigenvalue weighted by Crippen LogP contribution is -2.10. The molecular formula is C33H28F2N4O5. The Morgan fingerprint density at radius 3 is 2.52 bits per heavy atom. The van der Waals surface area contributed by atoms with E-state index in [4.69, 9.17) is 29.2 Å². The number of nitrogens with zero attached hydrogens (tertiary/aromatic N) is 4. The van der Waals surface area contributed by atoms with Crippen molar-refractivity contribution >= 4 is 17.0 Å². The Balaban J connectivity index is 1.37. The number of benzene rings is 3. The monoisotopic (exact) mass is 598 g/mol. The molecule has 0 saturated carbocycles. The highest BCUT2D eigenvalue weighted by Gasteiger charge is 2.18. The highest BCUT2D eigenvalue weighted by atomic mass is 19.1. The van der Waals surface area contributed by atoms with Gasteiger partial charge >= 0.3 is 5.97 Å². The Bertz CT molecular complexity index is 1880. The summed E-state index contributed by atoms with van der Waals surface area (Å²) < 4.78 is 52.9. The third-order valence-corrected chi connectivity index (χ3v) is 7.07. The van der Waals surface area contributed by atoms with Gasteiger partial charge in [0.15, 0.2) is 11.6 Å². The second-order valence-corrected chi connectivity index (χ2v) is 9.73. The number of methoxy groups -OCH3 is 3. The molecule has 0 radical (unpaired) electrons. The molecule has 224 valence electrons. The van der Waals surface area contributed by atoms with Crippen LogP contribution in [-0.2, 0) is 29.0 Å². The number of carbonyl (C=O) groups is 1. The number of fused-ring (bicyclic) bond motifs is 1. The summed E-state index contributed by atoms with van der Waals surface area (Å²) in [6.07, 6.45) is 0.206. The number of rotatable bonds is 11. The van der Waals surface area contributed by atoms with Crippen molar-refractivity contribution in [3.05, 3.63) is 106 Å². The minimum absolute atomic E-state index is 0.0548.